The highest BCUT2D eigenvalue weighted by molar-refractivity contribution is 7.71. The number of carbonyl (C=O) groups is 1. The molecule has 3 fully saturated rings. The van der Waals surface area contributed by atoms with Crippen LogP contribution in [0.15, 0.2) is 30.3 Å². The van der Waals surface area contributed by atoms with Gasteiger partial charge in [-0.25, -0.2) is 9.48 Å². The van der Waals surface area contributed by atoms with Gasteiger partial charge >= 0.3 is 6.03 Å². The molecular formula is C21H28N6O2S. The van der Waals surface area contributed by atoms with Crippen LogP contribution in [0.5, 0.6) is 0 Å². The molecule has 1 aromatic heterocycles. The Morgan fingerprint density at radius 2 is 1.67 bits per heavy atom. The maximum Gasteiger partial charge on any atom is 0.320 e. The van der Waals surface area contributed by atoms with Crippen molar-refractivity contribution in [3.8, 4) is 5.69 Å². The summed E-state index contributed by atoms with van der Waals surface area (Å²) >= 11 is 5.81. The van der Waals surface area contributed by atoms with Crippen LogP contribution in [0.25, 0.3) is 5.69 Å². The van der Waals surface area contributed by atoms with Crippen molar-refractivity contribution in [3.63, 3.8) is 0 Å². The van der Waals surface area contributed by atoms with Gasteiger partial charge in [-0.2, -0.15) is 5.10 Å². The first-order chi connectivity index (χ1) is 14.7. The molecular weight excluding hydrogens is 400 g/mol. The summed E-state index contributed by atoms with van der Waals surface area (Å²) in [5, 5.41) is 4.90. The van der Waals surface area contributed by atoms with Crippen molar-refractivity contribution >= 4 is 18.2 Å². The maximum absolute atomic E-state index is 12.7. The Balaban J connectivity index is 1.26. The van der Waals surface area contributed by atoms with Crippen molar-refractivity contribution in [1.82, 2.24) is 29.0 Å². The highest BCUT2D eigenvalue weighted by atomic mass is 32.1. The van der Waals surface area contributed by atoms with Gasteiger partial charge in [-0.05, 0) is 37.2 Å². The van der Waals surface area contributed by atoms with Crippen LogP contribution >= 0.6 is 12.2 Å². The topological polar surface area (TPSA) is 58.8 Å². The fraction of sp³-hybridized carbons (Fsp3) is 0.571. The summed E-state index contributed by atoms with van der Waals surface area (Å²) in [5.74, 6) is 1.59. The summed E-state index contributed by atoms with van der Waals surface area (Å²) in [7, 11) is 0. The minimum Gasteiger partial charge on any atom is -0.378 e. The Kier molecular flexibility index (Phi) is 5.58. The predicted molar refractivity (Wildman–Crippen MR) is 115 cm³/mol. The van der Waals surface area contributed by atoms with Gasteiger partial charge in [-0.3, -0.25) is 9.47 Å². The molecule has 3 aliphatic rings. The smallest absolute Gasteiger partial charge is 0.320 e. The third-order valence-corrected chi connectivity index (χ3v) is 6.47. The Hall–Kier alpha value is -2.23. The minimum absolute atomic E-state index is 0.138. The third-order valence-electron chi connectivity index (χ3n) is 6.08. The summed E-state index contributed by atoms with van der Waals surface area (Å²) in [6, 6.07) is 10.4. The molecule has 1 aliphatic carbocycles. The summed E-state index contributed by atoms with van der Waals surface area (Å²) in [5.41, 5.74) is 1.08. The van der Waals surface area contributed by atoms with Gasteiger partial charge < -0.3 is 14.5 Å². The van der Waals surface area contributed by atoms with Crippen molar-refractivity contribution in [2.75, 3.05) is 52.5 Å². The Morgan fingerprint density at radius 1 is 1.00 bits per heavy atom. The molecule has 0 atom stereocenters. The molecule has 0 unspecified atom stereocenters. The number of rotatable bonds is 4. The van der Waals surface area contributed by atoms with Crippen LogP contribution < -0.4 is 0 Å². The Morgan fingerprint density at radius 3 is 2.33 bits per heavy atom. The molecule has 2 aromatic rings. The number of urea groups is 1. The number of hydrogen-bond acceptors (Lipinski definition) is 5. The second kappa shape index (κ2) is 8.49. The molecule has 2 aliphatic heterocycles. The molecule has 5 rings (SSSR count). The van der Waals surface area contributed by atoms with Crippen molar-refractivity contribution in [2.45, 2.75) is 25.4 Å². The van der Waals surface area contributed by atoms with E-state index in [0.29, 0.717) is 38.9 Å². The van der Waals surface area contributed by atoms with Gasteiger partial charge in [0.25, 0.3) is 0 Å². The van der Waals surface area contributed by atoms with Gasteiger partial charge in [0.15, 0.2) is 0 Å². The van der Waals surface area contributed by atoms with Gasteiger partial charge in [0, 0.05) is 50.9 Å². The molecule has 3 heterocycles. The van der Waals surface area contributed by atoms with E-state index in [4.69, 9.17) is 22.1 Å². The van der Waals surface area contributed by atoms with Crippen molar-refractivity contribution in [3.05, 3.63) is 40.9 Å². The molecule has 8 nitrogen and oxygen atoms in total. The number of amides is 2. The van der Waals surface area contributed by atoms with Crippen LogP contribution in [-0.4, -0.2) is 87.6 Å². The van der Waals surface area contributed by atoms with Crippen LogP contribution in [0.2, 0.25) is 0 Å². The lowest BCUT2D eigenvalue weighted by Crippen LogP contribution is -2.54. The molecule has 9 heteroatoms. The van der Waals surface area contributed by atoms with E-state index >= 15 is 0 Å². The summed E-state index contributed by atoms with van der Waals surface area (Å²) in [4.78, 5) is 18.9. The van der Waals surface area contributed by atoms with Crippen LogP contribution in [0.4, 0.5) is 4.79 Å². The molecule has 2 saturated heterocycles. The lowest BCUT2D eigenvalue weighted by molar-refractivity contribution is 0.0354. The highest BCUT2D eigenvalue weighted by Gasteiger charge is 2.31. The number of para-hydroxylation sites is 1. The number of nitrogens with zero attached hydrogens (tertiary/aromatic N) is 6. The number of benzene rings is 1. The second-order valence-corrected chi connectivity index (χ2v) is 8.58. The highest BCUT2D eigenvalue weighted by Crippen LogP contribution is 2.40. The average Bonchev–Trinajstić information content (AvgIpc) is 3.60. The van der Waals surface area contributed by atoms with Crippen LogP contribution in [0.3, 0.4) is 0 Å². The SMILES string of the molecule is O=C(N1CCOCC1)N1CCN(Cn2nc(C3CC3)n(-c3ccccc3)c2=S)CC1. The molecule has 0 N–H and O–H groups in total. The first-order valence-electron chi connectivity index (χ1n) is 10.8. The number of morpholine rings is 1. The molecule has 1 saturated carbocycles. The molecule has 0 radical (unpaired) electrons. The number of carbonyl (C=O) groups excluding carboxylic acids is 1. The van der Waals surface area contributed by atoms with E-state index in [-0.39, 0.29) is 6.03 Å². The van der Waals surface area contributed by atoms with E-state index in [1.165, 1.54) is 12.8 Å². The number of hydrogen-bond donors (Lipinski definition) is 0. The quantitative estimate of drug-likeness (QED) is 0.700. The zero-order valence-electron chi connectivity index (χ0n) is 17.2. The second-order valence-electron chi connectivity index (χ2n) is 8.21. The average molecular weight is 429 g/mol. The molecule has 160 valence electrons. The monoisotopic (exact) mass is 428 g/mol. The number of piperazine rings is 1. The standard InChI is InChI=1S/C21H28N6O2S/c28-20(25-12-14-29-15-13-25)24-10-8-23(9-11-24)16-26-21(30)27(18-4-2-1-3-5-18)19(22-26)17-6-7-17/h1-5,17H,6-16H2. The summed E-state index contributed by atoms with van der Waals surface area (Å²) < 4.78 is 10.2. The molecule has 2 amide bonds. The van der Waals surface area contributed by atoms with Crippen molar-refractivity contribution < 1.29 is 9.53 Å². The zero-order valence-corrected chi connectivity index (χ0v) is 18.0. The fourth-order valence-electron chi connectivity index (χ4n) is 4.17. The lowest BCUT2D eigenvalue weighted by atomic mass is 10.3. The van der Waals surface area contributed by atoms with Gasteiger partial charge in [-0.1, -0.05) is 18.2 Å². The van der Waals surface area contributed by atoms with E-state index in [1.807, 2.05) is 32.7 Å². The van der Waals surface area contributed by atoms with E-state index in [2.05, 4.69) is 21.6 Å². The van der Waals surface area contributed by atoms with Gasteiger partial charge in [-0.15, -0.1) is 0 Å². The zero-order chi connectivity index (χ0) is 20.5. The molecule has 30 heavy (non-hydrogen) atoms. The van der Waals surface area contributed by atoms with E-state index < -0.39 is 0 Å². The molecule has 0 spiro atoms. The minimum atomic E-state index is 0.138. The summed E-state index contributed by atoms with van der Waals surface area (Å²) in [6.45, 7) is 6.44. The van der Waals surface area contributed by atoms with Crippen LogP contribution in [0, 0.1) is 4.77 Å². The van der Waals surface area contributed by atoms with Crippen LogP contribution in [-0.2, 0) is 11.4 Å². The van der Waals surface area contributed by atoms with Crippen LogP contribution in [0.1, 0.15) is 24.6 Å². The first kappa shape index (κ1) is 19.7. The van der Waals surface area contributed by atoms with E-state index in [9.17, 15) is 4.79 Å². The Labute approximate surface area is 181 Å². The van der Waals surface area contributed by atoms with E-state index in [0.717, 1.165) is 42.5 Å². The largest absolute Gasteiger partial charge is 0.378 e. The molecule has 1 aromatic carbocycles. The van der Waals surface area contributed by atoms with Gasteiger partial charge in [0.1, 0.15) is 5.82 Å². The van der Waals surface area contributed by atoms with Crippen molar-refractivity contribution in [2.24, 2.45) is 0 Å². The maximum atomic E-state index is 12.7. The number of ether oxygens (including phenoxy) is 1. The normalized spacial score (nSPS) is 20.5. The lowest BCUT2D eigenvalue weighted by Gasteiger charge is -2.38. The summed E-state index contributed by atoms with van der Waals surface area (Å²) in [6.07, 6.45) is 2.36. The third kappa shape index (κ3) is 4.01. The van der Waals surface area contributed by atoms with Gasteiger partial charge in [0.05, 0.1) is 19.9 Å². The predicted octanol–water partition coefficient (Wildman–Crippen LogP) is 2.31. The molecule has 0 bridgehead atoms. The van der Waals surface area contributed by atoms with Gasteiger partial charge in [0.2, 0.25) is 4.77 Å². The van der Waals surface area contributed by atoms with E-state index in [1.54, 1.807) is 0 Å². The fourth-order valence-corrected chi connectivity index (χ4v) is 4.46. The Bertz CT molecular complexity index is 940. The first-order valence-corrected chi connectivity index (χ1v) is 11.2. The van der Waals surface area contributed by atoms with Crippen molar-refractivity contribution in [1.29, 1.82) is 0 Å². The number of aromatic nitrogens is 3.